The second-order valence-electron chi connectivity index (χ2n) is 7.71. The first-order valence-electron chi connectivity index (χ1n) is 11.2. The minimum Gasteiger partial charge on any atom is -0.506 e. The van der Waals surface area contributed by atoms with Crippen LogP contribution in [0.25, 0.3) is 16.9 Å². The van der Waals surface area contributed by atoms with Crippen molar-refractivity contribution in [2.75, 3.05) is 21.3 Å². The predicted octanol–water partition coefficient (Wildman–Crippen LogP) is 5.82. The second-order valence-corrected chi connectivity index (χ2v) is 8.11. The first-order valence-corrected chi connectivity index (χ1v) is 11.5. The van der Waals surface area contributed by atoms with Gasteiger partial charge in [0.05, 0.1) is 30.4 Å². The van der Waals surface area contributed by atoms with Crippen LogP contribution in [-0.4, -0.2) is 37.3 Å². The van der Waals surface area contributed by atoms with E-state index in [4.69, 9.17) is 25.8 Å². The fraction of sp³-hybridized carbons (Fsp3) is 0.259. The van der Waals surface area contributed by atoms with Gasteiger partial charge in [0.2, 0.25) is 5.90 Å². The summed E-state index contributed by atoms with van der Waals surface area (Å²) >= 11 is 6.27. The Hall–Kier alpha value is -3.71. The number of aryl methyl sites for hydroxylation is 1. The predicted molar refractivity (Wildman–Crippen MR) is 140 cm³/mol. The van der Waals surface area contributed by atoms with E-state index in [0.717, 1.165) is 12.8 Å². The van der Waals surface area contributed by atoms with Crippen molar-refractivity contribution in [3.63, 3.8) is 0 Å². The number of nitrogens with zero attached hydrogens (tertiary/aromatic N) is 1. The van der Waals surface area contributed by atoms with Gasteiger partial charge in [-0.05, 0) is 37.1 Å². The Morgan fingerprint density at radius 2 is 1.74 bits per heavy atom. The Balaban J connectivity index is 2.23. The maximum absolute atomic E-state index is 13.2. The lowest BCUT2D eigenvalue weighted by Crippen LogP contribution is -2.23. The fourth-order valence-corrected chi connectivity index (χ4v) is 4.05. The third kappa shape index (κ3) is 5.35. The van der Waals surface area contributed by atoms with Crippen molar-refractivity contribution < 1.29 is 19.3 Å². The summed E-state index contributed by atoms with van der Waals surface area (Å²) in [5.74, 6) is 0.737. The Kier molecular flexibility index (Phi) is 8.60. The molecule has 184 valence electrons. The monoisotopic (exact) mass is 496 g/mol. The third-order valence-corrected chi connectivity index (χ3v) is 5.87. The summed E-state index contributed by atoms with van der Waals surface area (Å²) in [5.41, 5.74) is 1.32. The van der Waals surface area contributed by atoms with Gasteiger partial charge in [0, 0.05) is 18.3 Å². The van der Waals surface area contributed by atoms with Crippen LogP contribution in [0.2, 0.25) is 5.02 Å². The number of aliphatic imine (C=N–C) groups is 1. The van der Waals surface area contributed by atoms with Gasteiger partial charge in [0.15, 0.2) is 0 Å². The quantitative estimate of drug-likeness (QED) is 0.221. The first kappa shape index (κ1) is 25.9. The normalized spacial score (nSPS) is 11.3. The molecule has 8 heteroatoms. The van der Waals surface area contributed by atoms with Crippen LogP contribution >= 0.6 is 11.6 Å². The van der Waals surface area contributed by atoms with Crippen molar-refractivity contribution in [2.24, 2.45) is 4.99 Å². The minimum absolute atomic E-state index is 0.106. The van der Waals surface area contributed by atoms with Gasteiger partial charge in [-0.1, -0.05) is 49.7 Å². The molecule has 0 unspecified atom stereocenters. The SMILES string of the molecule is C=C(OC(=NC)c1c(O)c(-c2c(OC)cccc2OC)c(CCCC)[nH]c1=O)c1ccccc1Cl. The largest absolute Gasteiger partial charge is 0.506 e. The molecule has 0 aliphatic carbocycles. The number of unbranched alkanes of at least 4 members (excludes halogenated alkanes) is 1. The number of nitrogens with one attached hydrogen (secondary N) is 1. The zero-order chi connectivity index (χ0) is 25.5. The maximum Gasteiger partial charge on any atom is 0.264 e. The summed E-state index contributed by atoms with van der Waals surface area (Å²) in [6.07, 6.45) is 2.23. The molecule has 0 saturated carbocycles. The number of pyridine rings is 1. The van der Waals surface area contributed by atoms with Crippen molar-refractivity contribution in [3.05, 3.63) is 81.2 Å². The highest BCUT2D eigenvalue weighted by Gasteiger charge is 2.27. The van der Waals surface area contributed by atoms with Crippen LogP contribution in [0.15, 0.2) is 58.8 Å². The molecule has 35 heavy (non-hydrogen) atoms. The van der Waals surface area contributed by atoms with Crippen LogP contribution in [0.5, 0.6) is 17.2 Å². The van der Waals surface area contributed by atoms with E-state index in [1.54, 1.807) is 42.5 Å². The molecule has 0 atom stereocenters. The van der Waals surface area contributed by atoms with Gasteiger partial charge < -0.3 is 24.3 Å². The molecule has 3 aromatic rings. The molecule has 2 N–H and O–H groups in total. The molecular weight excluding hydrogens is 468 g/mol. The Bertz CT molecular complexity index is 1290. The summed E-state index contributed by atoms with van der Waals surface area (Å²) in [4.78, 5) is 20.3. The van der Waals surface area contributed by atoms with Crippen LogP contribution < -0.4 is 15.0 Å². The highest BCUT2D eigenvalue weighted by molar-refractivity contribution is 6.32. The topological polar surface area (TPSA) is 93.1 Å². The van der Waals surface area contributed by atoms with Crippen LogP contribution in [0.1, 0.15) is 36.6 Å². The summed E-state index contributed by atoms with van der Waals surface area (Å²) in [6, 6.07) is 12.3. The summed E-state index contributed by atoms with van der Waals surface area (Å²) < 4.78 is 17.0. The van der Waals surface area contributed by atoms with E-state index in [1.165, 1.54) is 21.3 Å². The summed E-state index contributed by atoms with van der Waals surface area (Å²) in [5, 5.41) is 12.0. The van der Waals surface area contributed by atoms with Crippen molar-refractivity contribution in [3.8, 4) is 28.4 Å². The maximum atomic E-state index is 13.2. The van der Waals surface area contributed by atoms with Crippen molar-refractivity contribution in [1.29, 1.82) is 0 Å². The number of benzene rings is 2. The molecule has 7 nitrogen and oxygen atoms in total. The smallest absolute Gasteiger partial charge is 0.264 e. The van der Waals surface area contributed by atoms with Crippen LogP contribution in [0.4, 0.5) is 0 Å². The van der Waals surface area contributed by atoms with E-state index in [0.29, 0.717) is 45.3 Å². The van der Waals surface area contributed by atoms with Crippen molar-refractivity contribution in [2.45, 2.75) is 26.2 Å². The molecule has 1 aromatic heterocycles. The van der Waals surface area contributed by atoms with Crippen molar-refractivity contribution in [1.82, 2.24) is 4.98 Å². The molecular formula is C27H29ClN2O5. The number of hydrogen-bond donors (Lipinski definition) is 2. The second kappa shape index (κ2) is 11.6. The molecule has 0 radical (unpaired) electrons. The average Bonchev–Trinajstić information content (AvgIpc) is 2.86. The third-order valence-electron chi connectivity index (χ3n) is 5.54. The molecule has 0 amide bonds. The van der Waals surface area contributed by atoms with Gasteiger partial charge in [-0.15, -0.1) is 0 Å². The van der Waals surface area contributed by atoms with Gasteiger partial charge in [0.25, 0.3) is 5.56 Å². The molecule has 0 aliphatic rings. The molecule has 1 heterocycles. The van der Waals surface area contributed by atoms with E-state index in [2.05, 4.69) is 16.6 Å². The molecule has 0 saturated heterocycles. The Morgan fingerprint density at radius 1 is 1.09 bits per heavy atom. The van der Waals surface area contributed by atoms with Gasteiger partial charge in [-0.25, -0.2) is 0 Å². The van der Waals surface area contributed by atoms with Crippen LogP contribution in [-0.2, 0) is 11.2 Å². The number of aromatic amines is 1. The molecule has 0 spiro atoms. The number of aromatic hydroxyl groups is 1. The first-order chi connectivity index (χ1) is 16.9. The number of rotatable bonds is 9. The zero-order valence-electron chi connectivity index (χ0n) is 20.3. The lowest BCUT2D eigenvalue weighted by Gasteiger charge is -2.20. The van der Waals surface area contributed by atoms with E-state index >= 15 is 0 Å². The van der Waals surface area contributed by atoms with Gasteiger partial charge in [0.1, 0.15) is 28.6 Å². The zero-order valence-corrected chi connectivity index (χ0v) is 21.0. The van der Waals surface area contributed by atoms with Crippen LogP contribution in [0, 0.1) is 0 Å². The number of methoxy groups -OCH3 is 2. The lowest BCUT2D eigenvalue weighted by atomic mass is 9.95. The minimum atomic E-state index is -0.543. The van der Waals surface area contributed by atoms with Crippen LogP contribution in [0.3, 0.4) is 0 Å². The molecule has 0 fully saturated rings. The molecule has 3 rings (SSSR count). The summed E-state index contributed by atoms with van der Waals surface area (Å²) in [6.45, 7) is 5.98. The molecule has 0 aliphatic heterocycles. The number of H-pyrrole nitrogens is 1. The molecule has 2 aromatic carbocycles. The van der Waals surface area contributed by atoms with E-state index < -0.39 is 5.56 Å². The number of halogens is 1. The van der Waals surface area contributed by atoms with E-state index in [1.807, 2.05) is 6.92 Å². The van der Waals surface area contributed by atoms with E-state index in [-0.39, 0.29) is 23.0 Å². The number of hydrogen-bond acceptors (Lipinski definition) is 6. The van der Waals surface area contributed by atoms with Gasteiger partial charge in [-0.2, -0.15) is 0 Å². The molecule has 0 bridgehead atoms. The highest BCUT2D eigenvalue weighted by atomic mass is 35.5. The summed E-state index contributed by atoms with van der Waals surface area (Å²) in [7, 11) is 4.52. The average molecular weight is 497 g/mol. The lowest BCUT2D eigenvalue weighted by molar-refractivity contribution is 0.396. The Labute approximate surface area is 209 Å². The van der Waals surface area contributed by atoms with Gasteiger partial charge >= 0.3 is 0 Å². The van der Waals surface area contributed by atoms with Crippen molar-refractivity contribution >= 4 is 23.3 Å². The fourth-order valence-electron chi connectivity index (χ4n) is 3.81. The highest BCUT2D eigenvalue weighted by Crippen LogP contribution is 2.45. The van der Waals surface area contributed by atoms with Gasteiger partial charge in [-0.3, -0.25) is 9.79 Å². The Morgan fingerprint density at radius 3 is 2.31 bits per heavy atom. The standard InChI is InChI=1S/C27H29ClN2O5/c1-6-7-13-19-22(23-20(33-4)14-10-15-21(23)34-5)25(31)24(26(32)30-19)27(29-3)35-16(2)17-11-8-9-12-18(17)28/h8-12,14-15H,2,6-7,13H2,1,3-5H3,(H2,30,31,32). The number of ether oxygens (including phenoxy) is 3. The number of aromatic nitrogens is 1. The van der Waals surface area contributed by atoms with E-state index in [9.17, 15) is 9.90 Å².